The van der Waals surface area contributed by atoms with Crippen molar-refractivity contribution in [2.24, 2.45) is 5.92 Å². The van der Waals surface area contributed by atoms with Gasteiger partial charge in [0.1, 0.15) is 11.7 Å². The molecule has 2 rings (SSSR count). The first-order valence-corrected chi connectivity index (χ1v) is 6.69. The lowest BCUT2D eigenvalue weighted by Crippen LogP contribution is -2.42. The van der Waals surface area contributed by atoms with Gasteiger partial charge in [0.05, 0.1) is 0 Å². The predicted molar refractivity (Wildman–Crippen MR) is 71.0 cm³/mol. The number of carboxylic acid groups (broad SMARTS) is 1. The number of nitrogens with zero attached hydrogens (tertiary/aromatic N) is 1. The fourth-order valence-corrected chi connectivity index (χ4v) is 2.18. The van der Waals surface area contributed by atoms with Crippen LogP contribution in [0.3, 0.4) is 0 Å². The highest BCUT2D eigenvalue weighted by atomic mass is 16.4. The minimum atomic E-state index is -0.980. The van der Waals surface area contributed by atoms with Crippen LogP contribution in [0.1, 0.15) is 49.6 Å². The fourth-order valence-electron chi connectivity index (χ4n) is 2.18. The molecule has 5 heteroatoms. The Bertz CT molecular complexity index is 475. The molecule has 19 heavy (non-hydrogen) atoms. The van der Waals surface area contributed by atoms with Gasteiger partial charge in [-0.2, -0.15) is 0 Å². The molecule has 1 fully saturated rings. The Hall–Kier alpha value is -1.78. The van der Waals surface area contributed by atoms with Crippen LogP contribution in [0.15, 0.2) is 18.3 Å². The highest BCUT2D eigenvalue weighted by Crippen LogP contribution is 2.35. The van der Waals surface area contributed by atoms with E-state index in [1.165, 1.54) is 0 Å². The van der Waals surface area contributed by atoms with Crippen molar-refractivity contribution >= 4 is 11.9 Å². The number of rotatable bonds is 6. The summed E-state index contributed by atoms with van der Waals surface area (Å²) in [5.74, 6) is -1.06. The molecule has 1 aromatic rings. The van der Waals surface area contributed by atoms with Crippen molar-refractivity contribution in [3.05, 3.63) is 24.0 Å². The van der Waals surface area contributed by atoms with Crippen molar-refractivity contribution in [1.29, 1.82) is 0 Å². The van der Waals surface area contributed by atoms with Crippen molar-refractivity contribution in [1.82, 2.24) is 9.88 Å². The van der Waals surface area contributed by atoms with Crippen LogP contribution < -0.4 is 5.32 Å². The highest BCUT2D eigenvalue weighted by Gasteiger charge is 2.28. The van der Waals surface area contributed by atoms with E-state index in [2.05, 4.69) is 5.32 Å². The van der Waals surface area contributed by atoms with Crippen molar-refractivity contribution < 1.29 is 14.7 Å². The first-order valence-electron chi connectivity index (χ1n) is 6.69. The van der Waals surface area contributed by atoms with E-state index in [9.17, 15) is 9.59 Å². The summed E-state index contributed by atoms with van der Waals surface area (Å²) in [5, 5.41) is 11.8. The summed E-state index contributed by atoms with van der Waals surface area (Å²) in [4.78, 5) is 23.3. The Balaban J connectivity index is 2.06. The van der Waals surface area contributed by atoms with E-state index in [4.69, 9.17) is 5.11 Å². The lowest BCUT2D eigenvalue weighted by atomic mass is 10.0. The molecule has 1 saturated carbocycles. The molecule has 0 spiro atoms. The molecule has 1 amide bonds. The maximum atomic E-state index is 12.2. The zero-order valence-electron chi connectivity index (χ0n) is 11.3. The Morgan fingerprint density at radius 3 is 2.68 bits per heavy atom. The molecule has 0 saturated heterocycles. The maximum absolute atomic E-state index is 12.2. The Labute approximate surface area is 112 Å². The lowest BCUT2D eigenvalue weighted by molar-refractivity contribution is -0.139. The lowest BCUT2D eigenvalue weighted by Gasteiger charge is -2.17. The topological polar surface area (TPSA) is 71.3 Å². The summed E-state index contributed by atoms with van der Waals surface area (Å²) < 4.78 is 1.93. The summed E-state index contributed by atoms with van der Waals surface area (Å²) in [7, 11) is 0. The standard InChI is InChI=1S/C14H20N2O3/c1-9(2)8-11(14(18)19)15-13(17)12-4-3-7-16(12)10-5-6-10/h3-4,7,9-11H,5-6,8H2,1-2H3,(H,15,17)(H,18,19)/t11-/m1/s1. The molecule has 0 unspecified atom stereocenters. The number of hydrogen-bond donors (Lipinski definition) is 2. The molecule has 1 aliphatic rings. The fraction of sp³-hybridized carbons (Fsp3) is 0.571. The normalized spacial score (nSPS) is 16.4. The predicted octanol–water partition coefficient (Wildman–Crippen LogP) is 2.05. The highest BCUT2D eigenvalue weighted by molar-refractivity contribution is 5.95. The maximum Gasteiger partial charge on any atom is 0.326 e. The van der Waals surface area contributed by atoms with Gasteiger partial charge in [-0.15, -0.1) is 0 Å². The second-order valence-corrected chi connectivity index (χ2v) is 5.53. The number of carbonyl (C=O) groups excluding carboxylic acids is 1. The molecular formula is C14H20N2O3. The number of nitrogens with one attached hydrogen (secondary N) is 1. The van der Waals surface area contributed by atoms with Gasteiger partial charge in [0.15, 0.2) is 0 Å². The van der Waals surface area contributed by atoms with Crippen molar-refractivity contribution in [3.8, 4) is 0 Å². The van der Waals surface area contributed by atoms with Gasteiger partial charge in [-0.05, 0) is 37.3 Å². The second kappa shape index (κ2) is 5.47. The van der Waals surface area contributed by atoms with Gasteiger partial charge in [-0.25, -0.2) is 4.79 Å². The number of aliphatic carboxylic acids is 1. The molecule has 1 atom stereocenters. The van der Waals surface area contributed by atoms with E-state index < -0.39 is 12.0 Å². The van der Waals surface area contributed by atoms with Gasteiger partial charge in [0, 0.05) is 12.2 Å². The van der Waals surface area contributed by atoms with Gasteiger partial charge < -0.3 is 15.0 Å². The minimum absolute atomic E-state index is 0.219. The molecule has 1 aromatic heterocycles. The molecule has 0 radical (unpaired) electrons. The van der Waals surface area contributed by atoms with E-state index in [1.54, 1.807) is 6.07 Å². The molecule has 2 N–H and O–H groups in total. The first-order chi connectivity index (χ1) is 8.99. The summed E-state index contributed by atoms with van der Waals surface area (Å²) in [6.45, 7) is 3.88. The van der Waals surface area contributed by atoms with E-state index in [0.29, 0.717) is 18.2 Å². The third-order valence-electron chi connectivity index (χ3n) is 3.26. The largest absolute Gasteiger partial charge is 0.480 e. The second-order valence-electron chi connectivity index (χ2n) is 5.53. The van der Waals surface area contributed by atoms with Crippen LogP contribution in [0.25, 0.3) is 0 Å². The van der Waals surface area contributed by atoms with Crippen LogP contribution in [0.2, 0.25) is 0 Å². The molecule has 1 aliphatic carbocycles. The molecule has 104 valence electrons. The molecular weight excluding hydrogens is 244 g/mol. The minimum Gasteiger partial charge on any atom is -0.480 e. The average Bonchev–Trinajstić information content (AvgIpc) is 3.05. The van der Waals surface area contributed by atoms with Crippen LogP contribution in [0.4, 0.5) is 0 Å². The van der Waals surface area contributed by atoms with Crippen LogP contribution >= 0.6 is 0 Å². The molecule has 5 nitrogen and oxygen atoms in total. The van der Waals surface area contributed by atoms with Crippen LogP contribution in [0.5, 0.6) is 0 Å². The first kappa shape index (κ1) is 13.6. The number of amides is 1. The quantitative estimate of drug-likeness (QED) is 0.826. The Morgan fingerprint density at radius 2 is 2.16 bits per heavy atom. The SMILES string of the molecule is CC(C)C[C@@H](NC(=O)c1cccn1C1CC1)C(=O)O. The number of aromatic nitrogens is 1. The number of carboxylic acids is 1. The molecule has 0 bridgehead atoms. The van der Waals surface area contributed by atoms with Crippen molar-refractivity contribution in [2.75, 3.05) is 0 Å². The van der Waals surface area contributed by atoms with Crippen molar-refractivity contribution in [2.45, 2.75) is 45.2 Å². The van der Waals surface area contributed by atoms with Gasteiger partial charge in [0.25, 0.3) is 5.91 Å². The monoisotopic (exact) mass is 264 g/mol. The molecule has 0 aliphatic heterocycles. The summed E-state index contributed by atoms with van der Waals surface area (Å²) >= 11 is 0. The zero-order chi connectivity index (χ0) is 14.0. The summed E-state index contributed by atoms with van der Waals surface area (Å²) in [6, 6.07) is 3.15. The van der Waals surface area contributed by atoms with Crippen molar-refractivity contribution in [3.63, 3.8) is 0 Å². The van der Waals surface area contributed by atoms with E-state index in [0.717, 1.165) is 12.8 Å². The van der Waals surface area contributed by atoms with E-state index >= 15 is 0 Å². The third-order valence-corrected chi connectivity index (χ3v) is 3.26. The smallest absolute Gasteiger partial charge is 0.326 e. The summed E-state index contributed by atoms with van der Waals surface area (Å²) in [6.07, 6.45) is 4.49. The Morgan fingerprint density at radius 1 is 1.47 bits per heavy atom. The van der Waals surface area contributed by atoms with Crippen LogP contribution in [-0.2, 0) is 4.79 Å². The van der Waals surface area contributed by atoms with Crippen LogP contribution in [0, 0.1) is 5.92 Å². The number of hydrogen-bond acceptors (Lipinski definition) is 2. The van der Waals surface area contributed by atoms with Gasteiger partial charge >= 0.3 is 5.97 Å². The van der Waals surface area contributed by atoms with Gasteiger partial charge in [-0.3, -0.25) is 4.79 Å². The zero-order valence-corrected chi connectivity index (χ0v) is 11.3. The third kappa shape index (κ3) is 3.36. The van der Waals surface area contributed by atoms with E-state index in [-0.39, 0.29) is 11.8 Å². The van der Waals surface area contributed by atoms with Gasteiger partial charge in [-0.1, -0.05) is 13.8 Å². The van der Waals surface area contributed by atoms with Crippen LogP contribution in [-0.4, -0.2) is 27.6 Å². The summed E-state index contributed by atoms with van der Waals surface area (Å²) in [5.41, 5.74) is 0.553. The molecule has 1 heterocycles. The van der Waals surface area contributed by atoms with Gasteiger partial charge in [0.2, 0.25) is 0 Å². The molecule has 0 aromatic carbocycles. The average molecular weight is 264 g/mol. The van der Waals surface area contributed by atoms with E-state index in [1.807, 2.05) is 30.7 Å². The number of carbonyl (C=O) groups is 2. The Kier molecular flexibility index (Phi) is 3.93.